The maximum atomic E-state index is 13.5. The van der Waals surface area contributed by atoms with E-state index in [1.807, 2.05) is 0 Å². The normalized spacial score (nSPS) is 39.6. The summed E-state index contributed by atoms with van der Waals surface area (Å²) in [5.41, 5.74) is 3.67. The molecule has 8 aliphatic carbocycles. The summed E-state index contributed by atoms with van der Waals surface area (Å²) in [6, 6.07) is 0.458. The monoisotopic (exact) mass is 909 g/mol. The number of hydroxylamine groups is 1. The first-order valence-corrected chi connectivity index (χ1v) is 27.9. The molecule has 65 heavy (non-hydrogen) atoms. The van der Waals surface area contributed by atoms with Crippen LogP contribution in [0.3, 0.4) is 0 Å². The molecule has 0 spiro atoms. The Bertz CT molecular complexity index is 1480. The number of amides is 1. The molecule has 0 bridgehead atoms. The average molecular weight is 909 g/mol. The summed E-state index contributed by atoms with van der Waals surface area (Å²) in [5.74, 6) is 1.40. The summed E-state index contributed by atoms with van der Waals surface area (Å²) in [6.07, 6.45) is 37.3. The van der Waals surface area contributed by atoms with Crippen LogP contribution in [0.4, 0.5) is 0 Å². The zero-order valence-corrected chi connectivity index (χ0v) is 40.9. The van der Waals surface area contributed by atoms with Crippen LogP contribution in [0.25, 0.3) is 0 Å². The summed E-state index contributed by atoms with van der Waals surface area (Å²) >= 11 is 0. The molecule has 0 aromatic heterocycles. The van der Waals surface area contributed by atoms with E-state index in [1.165, 1.54) is 103 Å². The summed E-state index contributed by atoms with van der Waals surface area (Å²) in [7, 11) is 0. The quantitative estimate of drug-likeness (QED) is 0.111. The number of hydrogen-bond acceptors (Lipinski definition) is 7. The lowest BCUT2D eigenvalue weighted by Gasteiger charge is -2.47. The summed E-state index contributed by atoms with van der Waals surface area (Å²) in [5, 5.41) is 23.5. The number of carboxylic acids is 2. The fourth-order valence-electron chi connectivity index (χ4n) is 15.6. The standard InChI is InChI=1S/C55H92N2O8/c1-55(2,41-16-24-45(25-17-41)64-47-28-20-43(21-29-47)56-52(58)49-32-15-39(34-51(49)54(61)62)37-11-7-4-8-12-37)42-18-26-46(27-19-42)65-48-30-22-44(23-31-48)57-63-35-40-14-13-38(33-50(40)53(59)60)36-9-5-3-6-10-36/h36-51,57H,3-35H2,1-2H3,(H,56,58)(H,59,60)(H,61,62). The first-order chi connectivity index (χ1) is 31.5. The molecule has 1 amide bonds. The molecule has 0 aromatic carbocycles. The number of carbonyl (C=O) groups is 3. The molecule has 0 saturated heterocycles. The van der Waals surface area contributed by atoms with E-state index < -0.39 is 17.9 Å². The topological polar surface area (TPSA) is 143 Å². The van der Waals surface area contributed by atoms with Crippen molar-refractivity contribution in [2.24, 2.45) is 64.6 Å². The van der Waals surface area contributed by atoms with Gasteiger partial charge >= 0.3 is 11.9 Å². The molecule has 4 N–H and O–H groups in total. The van der Waals surface area contributed by atoms with Gasteiger partial charge in [0.2, 0.25) is 5.91 Å². The lowest BCUT2D eigenvalue weighted by Crippen LogP contribution is -2.47. The zero-order valence-electron chi connectivity index (χ0n) is 40.9. The third kappa shape index (κ3) is 13.3. The van der Waals surface area contributed by atoms with Gasteiger partial charge in [-0.1, -0.05) is 78.1 Å². The molecule has 0 radical (unpaired) electrons. The zero-order chi connectivity index (χ0) is 45.3. The van der Waals surface area contributed by atoms with Gasteiger partial charge < -0.3 is 29.8 Å². The minimum Gasteiger partial charge on any atom is -0.481 e. The Morgan fingerprint density at radius 3 is 1.37 bits per heavy atom. The van der Waals surface area contributed by atoms with E-state index in [0.717, 1.165) is 114 Å². The molecule has 10 nitrogen and oxygen atoms in total. The highest BCUT2D eigenvalue weighted by Crippen LogP contribution is 2.50. The molecular formula is C55H92N2O8. The van der Waals surface area contributed by atoms with E-state index in [2.05, 4.69) is 24.6 Å². The fraction of sp³-hybridized carbons (Fsp3) is 0.945. The lowest BCUT2D eigenvalue weighted by molar-refractivity contribution is -0.150. The molecule has 8 aliphatic rings. The van der Waals surface area contributed by atoms with E-state index in [4.69, 9.17) is 14.3 Å². The van der Waals surface area contributed by atoms with E-state index in [-0.39, 0.29) is 35.8 Å². The van der Waals surface area contributed by atoms with Gasteiger partial charge in [0.1, 0.15) is 0 Å². The predicted molar refractivity (Wildman–Crippen MR) is 254 cm³/mol. The van der Waals surface area contributed by atoms with Crippen molar-refractivity contribution in [3.8, 4) is 0 Å². The van der Waals surface area contributed by atoms with Crippen LogP contribution < -0.4 is 10.8 Å². The highest BCUT2D eigenvalue weighted by Gasteiger charge is 2.44. The van der Waals surface area contributed by atoms with Gasteiger partial charge in [-0.15, -0.1) is 0 Å². The molecule has 6 unspecified atom stereocenters. The Morgan fingerprint density at radius 2 is 0.892 bits per heavy atom. The van der Waals surface area contributed by atoms with Crippen molar-refractivity contribution in [3.63, 3.8) is 0 Å². The van der Waals surface area contributed by atoms with E-state index in [0.29, 0.717) is 60.6 Å². The van der Waals surface area contributed by atoms with Gasteiger partial charge in [-0.2, -0.15) is 5.48 Å². The van der Waals surface area contributed by atoms with Crippen molar-refractivity contribution in [1.29, 1.82) is 0 Å². The Kier molecular flexibility index (Phi) is 18.1. The predicted octanol–water partition coefficient (Wildman–Crippen LogP) is 11.8. The lowest BCUT2D eigenvalue weighted by atomic mass is 9.60. The van der Waals surface area contributed by atoms with Gasteiger partial charge in [0, 0.05) is 12.1 Å². The molecule has 370 valence electrons. The number of ether oxygens (including phenoxy) is 2. The van der Waals surface area contributed by atoms with Gasteiger partial charge in [0.15, 0.2) is 0 Å². The van der Waals surface area contributed by atoms with Gasteiger partial charge in [0.25, 0.3) is 0 Å². The second-order valence-electron chi connectivity index (χ2n) is 24.1. The van der Waals surface area contributed by atoms with Gasteiger partial charge in [-0.05, 0) is 188 Å². The molecule has 0 aliphatic heterocycles. The Balaban J connectivity index is 0.671. The molecule has 0 aromatic rings. The van der Waals surface area contributed by atoms with Gasteiger partial charge in [-0.3, -0.25) is 14.4 Å². The molecule has 8 saturated carbocycles. The third-order valence-corrected chi connectivity index (χ3v) is 20.0. The number of carboxylic acid groups (broad SMARTS) is 2. The maximum Gasteiger partial charge on any atom is 0.307 e. The highest BCUT2D eigenvalue weighted by atomic mass is 16.6. The second-order valence-corrected chi connectivity index (χ2v) is 24.1. The SMILES string of the molecule is CC(C)(C1CCC(OC2CCC(NOCC3CCC(C4CCCCC4)CC3C(=O)O)CC2)CC1)C1CCC(OC2CCC(NC(=O)C3CCC(C4CCCCC4)CC3C(=O)O)CC2)CC1. The molecule has 0 heterocycles. The van der Waals surface area contributed by atoms with Crippen molar-refractivity contribution in [1.82, 2.24) is 10.8 Å². The first kappa shape index (κ1) is 49.7. The van der Waals surface area contributed by atoms with Crippen LogP contribution >= 0.6 is 0 Å². The average Bonchev–Trinajstić information content (AvgIpc) is 3.33. The minimum absolute atomic E-state index is 0.0180. The van der Waals surface area contributed by atoms with Crippen LogP contribution in [0.2, 0.25) is 0 Å². The molecule has 6 atom stereocenters. The van der Waals surface area contributed by atoms with Crippen molar-refractivity contribution in [3.05, 3.63) is 0 Å². The van der Waals surface area contributed by atoms with Gasteiger partial charge in [0.05, 0.1) is 48.8 Å². The van der Waals surface area contributed by atoms with E-state index in [1.54, 1.807) is 0 Å². The van der Waals surface area contributed by atoms with Crippen LogP contribution in [-0.2, 0) is 28.7 Å². The smallest absolute Gasteiger partial charge is 0.307 e. The van der Waals surface area contributed by atoms with Crippen LogP contribution in [0.15, 0.2) is 0 Å². The molecule has 8 fully saturated rings. The van der Waals surface area contributed by atoms with E-state index >= 15 is 0 Å². The number of aliphatic carboxylic acids is 2. The Morgan fingerprint density at radius 1 is 0.462 bits per heavy atom. The van der Waals surface area contributed by atoms with Crippen molar-refractivity contribution in [2.75, 3.05) is 6.61 Å². The largest absolute Gasteiger partial charge is 0.481 e. The Hall–Kier alpha value is -1.75. The summed E-state index contributed by atoms with van der Waals surface area (Å²) in [4.78, 5) is 44.1. The summed E-state index contributed by atoms with van der Waals surface area (Å²) in [6.45, 7) is 5.59. The van der Waals surface area contributed by atoms with Crippen molar-refractivity contribution >= 4 is 17.8 Å². The molecule has 10 heteroatoms. The molecule has 8 rings (SSSR count). The number of rotatable bonds is 16. The number of nitrogens with one attached hydrogen (secondary N) is 2. The van der Waals surface area contributed by atoms with Crippen LogP contribution in [0.5, 0.6) is 0 Å². The fourth-order valence-corrected chi connectivity index (χ4v) is 15.6. The maximum absolute atomic E-state index is 13.5. The number of carbonyl (C=O) groups excluding carboxylic acids is 1. The van der Waals surface area contributed by atoms with Crippen LogP contribution in [-0.4, -0.2) is 71.2 Å². The summed E-state index contributed by atoms with van der Waals surface area (Å²) < 4.78 is 13.5. The van der Waals surface area contributed by atoms with Crippen molar-refractivity contribution in [2.45, 2.75) is 256 Å². The Labute approximate surface area is 393 Å². The van der Waals surface area contributed by atoms with E-state index in [9.17, 15) is 24.6 Å². The number of hydrogen-bond donors (Lipinski definition) is 4. The van der Waals surface area contributed by atoms with Crippen LogP contribution in [0.1, 0.15) is 219 Å². The third-order valence-electron chi connectivity index (χ3n) is 20.0. The van der Waals surface area contributed by atoms with Gasteiger partial charge in [-0.25, -0.2) is 0 Å². The van der Waals surface area contributed by atoms with Crippen molar-refractivity contribution < 1.29 is 38.9 Å². The highest BCUT2D eigenvalue weighted by molar-refractivity contribution is 5.85. The second kappa shape index (κ2) is 23.7. The molecular weight excluding hydrogens is 817 g/mol. The first-order valence-electron chi connectivity index (χ1n) is 27.9. The minimum atomic E-state index is -0.781. The van der Waals surface area contributed by atoms with Crippen LogP contribution in [0, 0.1) is 64.6 Å².